The number of carboxylic acids is 1. The zero-order chi connectivity index (χ0) is 31.0. The van der Waals surface area contributed by atoms with Crippen LogP contribution in [0, 0.1) is 24.6 Å². The van der Waals surface area contributed by atoms with Gasteiger partial charge in [0.15, 0.2) is 11.5 Å². The van der Waals surface area contributed by atoms with Gasteiger partial charge in [-0.25, -0.2) is 4.39 Å². The molecule has 0 spiro atoms. The van der Waals surface area contributed by atoms with Gasteiger partial charge in [0.1, 0.15) is 11.6 Å². The number of benzene rings is 3. The summed E-state index contributed by atoms with van der Waals surface area (Å²) in [5.41, 5.74) is 4.59. The van der Waals surface area contributed by atoms with Gasteiger partial charge in [0.05, 0.1) is 19.1 Å². The number of hydrogen-bond acceptors (Lipinski definition) is 6. The highest BCUT2D eigenvalue weighted by atomic mass is 19.1. The SMILES string of the molecule is CCc1cc(F)cc(CC)c1NC(=O)CN1C[C@H](c2ccc3c(c2C)OCO3)C(C(=O)O)[C@@H]1c1ccc(OCC2CC2)cc1. The van der Waals surface area contributed by atoms with E-state index < -0.39 is 23.8 Å². The summed E-state index contributed by atoms with van der Waals surface area (Å²) < 4.78 is 31.4. The van der Waals surface area contributed by atoms with Gasteiger partial charge in [0.2, 0.25) is 12.7 Å². The fraction of sp³-hybridized carbons (Fsp3) is 0.429. The molecule has 6 rings (SSSR count). The zero-order valence-corrected chi connectivity index (χ0v) is 25.4. The van der Waals surface area contributed by atoms with E-state index in [0.717, 1.165) is 33.6 Å². The minimum atomic E-state index is -0.936. The smallest absolute Gasteiger partial charge is 0.309 e. The molecule has 3 aromatic carbocycles. The fourth-order valence-electron chi connectivity index (χ4n) is 6.70. The number of halogens is 1. The van der Waals surface area contributed by atoms with E-state index in [2.05, 4.69) is 5.32 Å². The Balaban J connectivity index is 1.33. The highest BCUT2D eigenvalue weighted by Crippen LogP contribution is 2.49. The van der Waals surface area contributed by atoms with E-state index in [1.165, 1.54) is 25.0 Å². The molecule has 1 unspecified atom stereocenters. The molecule has 232 valence electrons. The Hall–Kier alpha value is -4.11. The van der Waals surface area contributed by atoms with E-state index in [4.69, 9.17) is 14.2 Å². The zero-order valence-electron chi connectivity index (χ0n) is 25.4. The number of nitrogens with zero attached hydrogens (tertiary/aromatic N) is 1. The summed E-state index contributed by atoms with van der Waals surface area (Å²) in [5, 5.41) is 13.7. The molecule has 1 aliphatic carbocycles. The van der Waals surface area contributed by atoms with E-state index >= 15 is 0 Å². The minimum absolute atomic E-state index is 0.0296. The van der Waals surface area contributed by atoms with Gasteiger partial charge in [-0.15, -0.1) is 0 Å². The lowest BCUT2D eigenvalue weighted by molar-refractivity contribution is -0.143. The first-order chi connectivity index (χ1) is 21.3. The maximum Gasteiger partial charge on any atom is 0.309 e. The summed E-state index contributed by atoms with van der Waals surface area (Å²) in [5.74, 6) is -0.145. The highest BCUT2D eigenvalue weighted by Gasteiger charge is 2.48. The number of rotatable bonds is 11. The van der Waals surface area contributed by atoms with Crippen molar-refractivity contribution in [3.63, 3.8) is 0 Å². The first-order valence-corrected chi connectivity index (χ1v) is 15.5. The summed E-state index contributed by atoms with van der Waals surface area (Å²) >= 11 is 0. The van der Waals surface area contributed by atoms with Gasteiger partial charge in [-0.1, -0.05) is 32.0 Å². The summed E-state index contributed by atoms with van der Waals surface area (Å²) in [6, 6.07) is 13.7. The van der Waals surface area contributed by atoms with Crippen molar-refractivity contribution in [2.75, 3.05) is 31.8 Å². The summed E-state index contributed by atoms with van der Waals surface area (Å²) in [7, 11) is 0. The second-order valence-electron chi connectivity index (χ2n) is 12.0. The molecule has 1 amide bonds. The Kier molecular flexibility index (Phi) is 8.49. The third-order valence-electron chi connectivity index (χ3n) is 9.16. The Labute approximate surface area is 257 Å². The molecule has 2 heterocycles. The van der Waals surface area contributed by atoms with E-state index in [9.17, 15) is 19.1 Å². The van der Waals surface area contributed by atoms with Crippen molar-refractivity contribution in [1.82, 2.24) is 4.90 Å². The number of carbonyl (C=O) groups excluding carboxylic acids is 1. The number of amides is 1. The number of anilines is 1. The molecule has 3 aliphatic rings. The molecule has 1 saturated heterocycles. The minimum Gasteiger partial charge on any atom is -0.493 e. The lowest BCUT2D eigenvalue weighted by atomic mass is 9.81. The molecule has 2 N–H and O–H groups in total. The lowest BCUT2D eigenvalue weighted by Crippen LogP contribution is -2.35. The Morgan fingerprint density at radius 2 is 1.75 bits per heavy atom. The van der Waals surface area contributed by atoms with E-state index in [1.54, 1.807) is 0 Å². The van der Waals surface area contributed by atoms with Gasteiger partial charge in [0, 0.05) is 24.2 Å². The molecule has 44 heavy (non-hydrogen) atoms. The molecule has 0 radical (unpaired) electrons. The van der Waals surface area contributed by atoms with Crippen LogP contribution in [0.4, 0.5) is 10.1 Å². The van der Waals surface area contributed by atoms with Crippen LogP contribution in [0.1, 0.15) is 66.5 Å². The van der Waals surface area contributed by atoms with Crippen molar-refractivity contribution in [2.24, 2.45) is 11.8 Å². The van der Waals surface area contributed by atoms with Crippen LogP contribution in [-0.2, 0) is 22.4 Å². The highest BCUT2D eigenvalue weighted by molar-refractivity contribution is 5.94. The van der Waals surface area contributed by atoms with Gasteiger partial charge in [-0.05, 0) is 96.7 Å². The number of ether oxygens (including phenoxy) is 3. The van der Waals surface area contributed by atoms with E-state index in [-0.39, 0.29) is 25.1 Å². The number of carbonyl (C=O) groups is 2. The van der Waals surface area contributed by atoms with Crippen molar-refractivity contribution in [3.8, 4) is 17.2 Å². The van der Waals surface area contributed by atoms with Gasteiger partial charge in [-0.3, -0.25) is 14.5 Å². The van der Waals surface area contributed by atoms with Crippen LogP contribution < -0.4 is 19.5 Å². The molecule has 2 fully saturated rings. The fourth-order valence-corrected chi connectivity index (χ4v) is 6.70. The third kappa shape index (κ3) is 5.98. The van der Waals surface area contributed by atoms with Crippen LogP contribution in [-0.4, -0.2) is 48.4 Å². The van der Waals surface area contributed by atoms with E-state index in [0.29, 0.717) is 49.1 Å². The first kappa shape index (κ1) is 29.9. The number of aryl methyl sites for hydroxylation is 2. The molecule has 3 atom stereocenters. The largest absolute Gasteiger partial charge is 0.493 e. The molecular formula is C35H39FN2O6. The van der Waals surface area contributed by atoms with Gasteiger partial charge >= 0.3 is 5.97 Å². The quantitative estimate of drug-likeness (QED) is 0.268. The third-order valence-corrected chi connectivity index (χ3v) is 9.16. The number of fused-ring (bicyclic) bond motifs is 1. The molecule has 3 aromatic rings. The predicted octanol–water partition coefficient (Wildman–Crippen LogP) is 6.26. The number of carboxylic acid groups (broad SMARTS) is 1. The van der Waals surface area contributed by atoms with Gasteiger partial charge in [0.25, 0.3) is 0 Å². The maximum absolute atomic E-state index is 14.2. The number of hydrogen-bond donors (Lipinski definition) is 2. The van der Waals surface area contributed by atoms with Crippen molar-refractivity contribution in [1.29, 1.82) is 0 Å². The van der Waals surface area contributed by atoms with Crippen LogP contribution in [0.25, 0.3) is 0 Å². The first-order valence-electron chi connectivity index (χ1n) is 15.5. The molecule has 9 heteroatoms. The molecule has 0 aromatic heterocycles. The topological polar surface area (TPSA) is 97.3 Å². The summed E-state index contributed by atoms with van der Waals surface area (Å²) in [4.78, 5) is 28.7. The second-order valence-corrected chi connectivity index (χ2v) is 12.0. The number of aliphatic carboxylic acids is 1. The predicted molar refractivity (Wildman–Crippen MR) is 164 cm³/mol. The Morgan fingerprint density at radius 1 is 1.05 bits per heavy atom. The van der Waals surface area contributed by atoms with Gasteiger partial charge < -0.3 is 24.6 Å². The van der Waals surface area contributed by atoms with Crippen molar-refractivity contribution < 1.29 is 33.3 Å². The lowest BCUT2D eigenvalue weighted by Gasteiger charge is -2.27. The van der Waals surface area contributed by atoms with Crippen molar-refractivity contribution in [3.05, 3.63) is 82.2 Å². The maximum atomic E-state index is 14.2. The molecule has 2 aliphatic heterocycles. The standard InChI is InChI=1S/C35H39FN2O6/c1-4-22-14-25(36)15-23(5-2)32(22)37-30(39)17-38-16-28(27-12-13-29-34(20(27)3)44-19-43-29)31(35(40)41)33(38)24-8-10-26(11-9-24)42-18-21-6-7-21/h8-15,21,28,31,33H,4-7,16-19H2,1-3H3,(H,37,39)(H,40,41)/t28-,31?,33+/m1/s1. The van der Waals surface area contributed by atoms with E-state index in [1.807, 2.05) is 62.1 Å². The van der Waals surface area contributed by atoms with Crippen LogP contribution in [0.2, 0.25) is 0 Å². The van der Waals surface area contributed by atoms with Crippen LogP contribution in [0.3, 0.4) is 0 Å². The average molecular weight is 603 g/mol. The Bertz CT molecular complexity index is 1530. The Morgan fingerprint density at radius 3 is 2.39 bits per heavy atom. The normalized spacial score (nSPS) is 21.0. The summed E-state index contributed by atoms with van der Waals surface area (Å²) in [6.07, 6.45) is 3.51. The second kappa shape index (κ2) is 12.5. The van der Waals surface area contributed by atoms with Crippen LogP contribution >= 0.6 is 0 Å². The van der Waals surface area contributed by atoms with Crippen LogP contribution in [0.5, 0.6) is 17.2 Å². The number of likely N-dealkylation sites (tertiary alicyclic amines) is 1. The molecule has 1 saturated carbocycles. The monoisotopic (exact) mass is 602 g/mol. The molecular weight excluding hydrogens is 563 g/mol. The summed E-state index contributed by atoms with van der Waals surface area (Å²) in [6.45, 7) is 6.90. The van der Waals surface area contributed by atoms with Crippen molar-refractivity contribution in [2.45, 2.75) is 58.4 Å². The molecule has 8 nitrogen and oxygen atoms in total. The van der Waals surface area contributed by atoms with Crippen molar-refractivity contribution >= 4 is 17.6 Å². The van der Waals surface area contributed by atoms with Gasteiger partial charge in [-0.2, -0.15) is 0 Å². The van der Waals surface area contributed by atoms with Crippen LogP contribution in [0.15, 0.2) is 48.5 Å². The average Bonchev–Trinajstić information content (AvgIpc) is 3.58. The molecule has 0 bridgehead atoms. The number of nitrogens with one attached hydrogen (secondary N) is 1.